The molecule has 2 nitrogen and oxygen atoms in total. The number of nitrogens with zero attached hydrogens (tertiary/aromatic N) is 2. The van der Waals surface area contributed by atoms with Crippen LogP contribution in [0.25, 0.3) is 21.8 Å². The summed E-state index contributed by atoms with van der Waals surface area (Å²) < 4.78 is 4.44. The van der Waals surface area contributed by atoms with E-state index in [-0.39, 0.29) is 0 Å². The molecular formula is C23H22N2. The van der Waals surface area contributed by atoms with Crippen molar-refractivity contribution in [2.24, 2.45) is 14.1 Å². The summed E-state index contributed by atoms with van der Waals surface area (Å²) in [5.41, 5.74) is 5.27. The lowest BCUT2D eigenvalue weighted by molar-refractivity contribution is 0.739. The Hall–Kier alpha value is -2.92. The van der Waals surface area contributed by atoms with Gasteiger partial charge in [-0.1, -0.05) is 36.4 Å². The molecule has 124 valence electrons. The standard InChI is InChI=1S/C23H22N2/c1-4-5-10-17(20-15-24(2)22-13-8-6-11-18(20)22)21-16-25(3)23-14-9-7-12-19(21)23/h1,6-9,11-17H,5,10H2,2-3H3. The van der Waals surface area contributed by atoms with Crippen molar-refractivity contribution in [2.45, 2.75) is 18.8 Å². The Morgan fingerprint density at radius 1 is 0.840 bits per heavy atom. The van der Waals surface area contributed by atoms with Crippen LogP contribution in [0.15, 0.2) is 60.9 Å². The fourth-order valence-corrected chi connectivity index (χ4v) is 4.01. The summed E-state index contributed by atoms with van der Waals surface area (Å²) in [5.74, 6) is 3.13. The molecule has 0 N–H and O–H groups in total. The fourth-order valence-electron chi connectivity index (χ4n) is 4.01. The van der Waals surface area contributed by atoms with E-state index >= 15 is 0 Å². The largest absolute Gasteiger partial charge is 0.350 e. The second-order valence-electron chi connectivity index (χ2n) is 6.72. The zero-order valence-corrected chi connectivity index (χ0v) is 14.7. The predicted octanol–water partition coefficient (Wildman–Crippen LogP) is 5.22. The van der Waals surface area contributed by atoms with Gasteiger partial charge in [-0.15, -0.1) is 12.3 Å². The molecule has 0 saturated carbocycles. The number of rotatable bonds is 4. The molecule has 2 aromatic heterocycles. The average Bonchev–Trinajstić information content (AvgIpc) is 3.15. The highest BCUT2D eigenvalue weighted by Crippen LogP contribution is 2.38. The summed E-state index contributed by atoms with van der Waals surface area (Å²) in [6.45, 7) is 0. The topological polar surface area (TPSA) is 9.86 Å². The summed E-state index contributed by atoms with van der Waals surface area (Å²) in [7, 11) is 4.24. The molecule has 2 aromatic carbocycles. The number of aromatic nitrogens is 2. The van der Waals surface area contributed by atoms with Crippen molar-refractivity contribution < 1.29 is 0 Å². The molecule has 0 radical (unpaired) electrons. The molecule has 0 saturated heterocycles. The summed E-state index contributed by atoms with van der Waals surface area (Å²) >= 11 is 0. The van der Waals surface area contributed by atoms with Crippen molar-refractivity contribution in [1.82, 2.24) is 9.13 Å². The Labute approximate surface area is 148 Å². The van der Waals surface area contributed by atoms with Gasteiger partial charge in [0, 0.05) is 60.6 Å². The summed E-state index contributed by atoms with van der Waals surface area (Å²) in [6.07, 6.45) is 11.9. The number of hydrogen-bond acceptors (Lipinski definition) is 0. The van der Waals surface area contributed by atoms with Crippen molar-refractivity contribution in [2.75, 3.05) is 0 Å². The Morgan fingerprint density at radius 3 is 1.80 bits per heavy atom. The number of benzene rings is 2. The maximum atomic E-state index is 5.61. The molecule has 4 rings (SSSR count). The molecule has 0 aliphatic carbocycles. The highest BCUT2D eigenvalue weighted by Gasteiger charge is 2.22. The van der Waals surface area contributed by atoms with Crippen LogP contribution in [-0.4, -0.2) is 9.13 Å². The second kappa shape index (κ2) is 6.18. The van der Waals surface area contributed by atoms with Crippen LogP contribution in [0.1, 0.15) is 29.9 Å². The van der Waals surface area contributed by atoms with E-state index in [0.29, 0.717) is 5.92 Å². The normalized spacial score (nSPS) is 11.4. The van der Waals surface area contributed by atoms with E-state index in [9.17, 15) is 0 Å². The van der Waals surface area contributed by atoms with Gasteiger partial charge in [0.05, 0.1) is 0 Å². The van der Waals surface area contributed by atoms with Crippen molar-refractivity contribution in [3.8, 4) is 12.3 Å². The Balaban J connectivity index is 1.95. The first-order valence-corrected chi connectivity index (χ1v) is 8.72. The maximum absolute atomic E-state index is 5.61. The van der Waals surface area contributed by atoms with Crippen LogP contribution in [0.3, 0.4) is 0 Å². The zero-order chi connectivity index (χ0) is 17.4. The number of terminal acetylenes is 1. The maximum Gasteiger partial charge on any atom is 0.0480 e. The van der Waals surface area contributed by atoms with Gasteiger partial charge >= 0.3 is 0 Å². The Bertz CT molecular complexity index is 1010. The van der Waals surface area contributed by atoms with Gasteiger partial charge in [-0.2, -0.15) is 0 Å². The summed E-state index contributed by atoms with van der Waals surface area (Å²) in [4.78, 5) is 0. The third-order valence-corrected chi connectivity index (χ3v) is 5.18. The molecule has 0 unspecified atom stereocenters. The highest BCUT2D eigenvalue weighted by atomic mass is 14.9. The SMILES string of the molecule is C#CCCC(c1cn(C)c2ccccc12)c1cn(C)c2ccccc12. The minimum atomic E-state index is 0.299. The van der Waals surface area contributed by atoms with Gasteiger partial charge in [-0.05, 0) is 29.7 Å². The van der Waals surface area contributed by atoms with Crippen LogP contribution < -0.4 is 0 Å². The van der Waals surface area contributed by atoms with E-state index in [4.69, 9.17) is 6.42 Å². The van der Waals surface area contributed by atoms with E-state index in [0.717, 1.165) is 12.8 Å². The monoisotopic (exact) mass is 326 g/mol. The number of aryl methyl sites for hydroxylation is 2. The lowest BCUT2D eigenvalue weighted by atomic mass is 9.87. The predicted molar refractivity (Wildman–Crippen MR) is 106 cm³/mol. The van der Waals surface area contributed by atoms with E-state index < -0.39 is 0 Å². The smallest absolute Gasteiger partial charge is 0.0480 e. The van der Waals surface area contributed by atoms with E-state index in [2.05, 4.69) is 90.1 Å². The van der Waals surface area contributed by atoms with Crippen LogP contribution in [0.5, 0.6) is 0 Å². The quantitative estimate of drug-likeness (QED) is 0.455. The Kier molecular flexibility index (Phi) is 3.86. The van der Waals surface area contributed by atoms with E-state index in [1.165, 1.54) is 32.9 Å². The molecule has 0 aliphatic rings. The van der Waals surface area contributed by atoms with Crippen molar-refractivity contribution in [1.29, 1.82) is 0 Å². The van der Waals surface area contributed by atoms with Crippen molar-refractivity contribution in [3.63, 3.8) is 0 Å². The highest BCUT2D eigenvalue weighted by molar-refractivity contribution is 5.88. The molecule has 0 amide bonds. The summed E-state index contributed by atoms with van der Waals surface area (Å²) in [6, 6.07) is 17.2. The number of fused-ring (bicyclic) bond motifs is 2. The Morgan fingerprint density at radius 2 is 1.32 bits per heavy atom. The first-order valence-electron chi connectivity index (χ1n) is 8.72. The third kappa shape index (κ3) is 2.53. The van der Waals surface area contributed by atoms with Gasteiger partial charge in [-0.25, -0.2) is 0 Å². The lowest BCUT2D eigenvalue weighted by Crippen LogP contribution is -2.00. The molecule has 0 atom stereocenters. The van der Waals surface area contributed by atoms with Crippen LogP contribution >= 0.6 is 0 Å². The minimum Gasteiger partial charge on any atom is -0.350 e. The van der Waals surface area contributed by atoms with Crippen LogP contribution in [0.4, 0.5) is 0 Å². The molecule has 25 heavy (non-hydrogen) atoms. The van der Waals surface area contributed by atoms with Crippen LogP contribution in [0, 0.1) is 12.3 Å². The van der Waals surface area contributed by atoms with Gasteiger partial charge in [-0.3, -0.25) is 0 Å². The molecule has 0 spiro atoms. The lowest BCUT2D eigenvalue weighted by Gasteiger charge is -2.15. The first kappa shape index (κ1) is 15.6. The molecule has 0 aliphatic heterocycles. The van der Waals surface area contributed by atoms with Crippen LogP contribution in [-0.2, 0) is 14.1 Å². The third-order valence-electron chi connectivity index (χ3n) is 5.18. The average molecular weight is 326 g/mol. The molecule has 0 bridgehead atoms. The number of hydrogen-bond donors (Lipinski definition) is 0. The van der Waals surface area contributed by atoms with Gasteiger partial charge in [0.2, 0.25) is 0 Å². The number of para-hydroxylation sites is 2. The first-order chi connectivity index (χ1) is 12.2. The van der Waals surface area contributed by atoms with Gasteiger partial charge in [0.15, 0.2) is 0 Å². The van der Waals surface area contributed by atoms with Crippen molar-refractivity contribution in [3.05, 3.63) is 72.1 Å². The molecule has 2 heterocycles. The summed E-state index contributed by atoms with van der Waals surface area (Å²) in [5, 5.41) is 2.64. The van der Waals surface area contributed by atoms with E-state index in [1.54, 1.807) is 0 Å². The van der Waals surface area contributed by atoms with Crippen LogP contribution in [0.2, 0.25) is 0 Å². The van der Waals surface area contributed by atoms with E-state index in [1.807, 2.05) is 0 Å². The second-order valence-corrected chi connectivity index (χ2v) is 6.72. The van der Waals surface area contributed by atoms with Gasteiger partial charge in [0.25, 0.3) is 0 Å². The molecule has 0 fully saturated rings. The minimum absolute atomic E-state index is 0.299. The molecule has 2 heteroatoms. The van der Waals surface area contributed by atoms with Crippen molar-refractivity contribution >= 4 is 21.8 Å². The fraction of sp³-hybridized carbons (Fsp3) is 0.217. The molecule has 4 aromatic rings. The van der Waals surface area contributed by atoms with Gasteiger partial charge < -0.3 is 9.13 Å². The zero-order valence-electron chi connectivity index (χ0n) is 14.7. The molecular weight excluding hydrogens is 304 g/mol. The van der Waals surface area contributed by atoms with Gasteiger partial charge in [0.1, 0.15) is 0 Å².